The van der Waals surface area contributed by atoms with Crippen molar-refractivity contribution in [1.29, 1.82) is 0 Å². The number of aldehydes is 1. The van der Waals surface area contributed by atoms with Crippen LogP contribution in [0.2, 0.25) is 0 Å². The molecular formula is C10H11BrO2. The Kier molecular flexibility index (Phi) is 3.48. The zero-order valence-corrected chi connectivity index (χ0v) is 9.17. The molecule has 0 aliphatic carbocycles. The highest BCUT2D eigenvalue weighted by atomic mass is 79.9. The molecule has 0 heterocycles. The highest BCUT2D eigenvalue weighted by molar-refractivity contribution is 9.10. The van der Waals surface area contributed by atoms with Gasteiger partial charge >= 0.3 is 0 Å². The van der Waals surface area contributed by atoms with Crippen molar-refractivity contribution in [3.05, 3.63) is 28.2 Å². The molecule has 0 saturated carbocycles. The van der Waals surface area contributed by atoms with Crippen molar-refractivity contribution in [3.8, 4) is 5.75 Å². The van der Waals surface area contributed by atoms with E-state index in [0.29, 0.717) is 11.3 Å². The Morgan fingerprint density at radius 2 is 2.15 bits per heavy atom. The summed E-state index contributed by atoms with van der Waals surface area (Å²) in [7, 11) is 0. The lowest BCUT2D eigenvalue weighted by atomic mass is 10.2. The maximum absolute atomic E-state index is 10.6. The Hall–Kier alpha value is -0.830. The molecule has 3 heteroatoms. The van der Waals surface area contributed by atoms with E-state index in [4.69, 9.17) is 4.74 Å². The van der Waals surface area contributed by atoms with Gasteiger partial charge < -0.3 is 4.74 Å². The van der Waals surface area contributed by atoms with Crippen LogP contribution in [0.3, 0.4) is 0 Å². The summed E-state index contributed by atoms with van der Waals surface area (Å²) < 4.78 is 6.37. The van der Waals surface area contributed by atoms with E-state index in [0.717, 1.165) is 10.8 Å². The van der Waals surface area contributed by atoms with Crippen LogP contribution in [0.25, 0.3) is 0 Å². The second-order valence-corrected chi connectivity index (χ2v) is 3.88. The van der Waals surface area contributed by atoms with Crippen LogP contribution >= 0.6 is 15.9 Å². The lowest BCUT2D eigenvalue weighted by Crippen LogP contribution is -2.07. The van der Waals surface area contributed by atoms with Crippen molar-refractivity contribution >= 4 is 22.2 Å². The van der Waals surface area contributed by atoms with Crippen LogP contribution in [0.4, 0.5) is 0 Å². The van der Waals surface area contributed by atoms with E-state index >= 15 is 0 Å². The van der Waals surface area contributed by atoms with Gasteiger partial charge in [0.15, 0.2) is 6.29 Å². The minimum Gasteiger partial charge on any atom is -0.490 e. The molecule has 13 heavy (non-hydrogen) atoms. The van der Waals surface area contributed by atoms with Crippen LogP contribution in [-0.2, 0) is 0 Å². The molecule has 0 unspecified atom stereocenters. The molecular weight excluding hydrogens is 232 g/mol. The van der Waals surface area contributed by atoms with Gasteiger partial charge in [0.05, 0.1) is 11.7 Å². The lowest BCUT2D eigenvalue weighted by Gasteiger charge is -2.11. The van der Waals surface area contributed by atoms with Crippen LogP contribution in [0.15, 0.2) is 22.7 Å². The highest BCUT2D eigenvalue weighted by Crippen LogP contribution is 2.23. The summed E-state index contributed by atoms with van der Waals surface area (Å²) in [6, 6.07) is 5.34. The molecule has 0 radical (unpaired) electrons. The average Bonchev–Trinajstić information content (AvgIpc) is 2.03. The molecule has 1 rings (SSSR count). The molecule has 0 amide bonds. The molecule has 0 N–H and O–H groups in total. The number of carbonyl (C=O) groups excluding carboxylic acids is 1. The molecule has 0 fully saturated rings. The van der Waals surface area contributed by atoms with Crippen molar-refractivity contribution in [2.45, 2.75) is 20.0 Å². The van der Waals surface area contributed by atoms with Crippen molar-refractivity contribution in [1.82, 2.24) is 0 Å². The van der Waals surface area contributed by atoms with Gasteiger partial charge in [-0.25, -0.2) is 0 Å². The van der Waals surface area contributed by atoms with Crippen molar-refractivity contribution in [2.24, 2.45) is 0 Å². The standard InChI is InChI=1S/C10H11BrO2/c1-7(2)13-10-5-9(11)4-3-8(10)6-12/h3-7H,1-2H3. The molecule has 0 aromatic heterocycles. The molecule has 0 atom stereocenters. The third kappa shape index (κ3) is 2.84. The van der Waals surface area contributed by atoms with Crippen LogP contribution in [0, 0.1) is 0 Å². The fourth-order valence-corrected chi connectivity index (χ4v) is 1.30. The average molecular weight is 243 g/mol. The van der Waals surface area contributed by atoms with E-state index in [2.05, 4.69) is 15.9 Å². The van der Waals surface area contributed by atoms with Crippen LogP contribution < -0.4 is 4.74 Å². The first kappa shape index (κ1) is 10.3. The van der Waals surface area contributed by atoms with Gasteiger partial charge in [-0.2, -0.15) is 0 Å². The van der Waals surface area contributed by atoms with Gasteiger partial charge in [-0.15, -0.1) is 0 Å². The number of carbonyl (C=O) groups is 1. The molecule has 70 valence electrons. The Balaban J connectivity index is 3.01. The van der Waals surface area contributed by atoms with E-state index in [-0.39, 0.29) is 6.10 Å². The van der Waals surface area contributed by atoms with Crippen LogP contribution in [-0.4, -0.2) is 12.4 Å². The van der Waals surface area contributed by atoms with Gasteiger partial charge in [-0.1, -0.05) is 15.9 Å². The maximum Gasteiger partial charge on any atom is 0.153 e. The van der Waals surface area contributed by atoms with Crippen molar-refractivity contribution in [2.75, 3.05) is 0 Å². The molecule has 1 aromatic carbocycles. The molecule has 2 nitrogen and oxygen atoms in total. The summed E-state index contributed by atoms with van der Waals surface area (Å²) in [6.45, 7) is 3.85. The van der Waals surface area contributed by atoms with Crippen LogP contribution in [0.5, 0.6) is 5.75 Å². The van der Waals surface area contributed by atoms with Gasteiger partial charge in [0.2, 0.25) is 0 Å². The number of benzene rings is 1. The van der Waals surface area contributed by atoms with Gasteiger partial charge in [0, 0.05) is 4.47 Å². The summed E-state index contributed by atoms with van der Waals surface area (Å²) in [4.78, 5) is 10.6. The van der Waals surface area contributed by atoms with E-state index in [9.17, 15) is 4.79 Å². The molecule has 0 bridgehead atoms. The first-order chi connectivity index (χ1) is 6.13. The minimum atomic E-state index is 0.0769. The highest BCUT2D eigenvalue weighted by Gasteiger charge is 2.04. The first-order valence-corrected chi connectivity index (χ1v) is 4.84. The van der Waals surface area contributed by atoms with Gasteiger partial charge in [-0.3, -0.25) is 4.79 Å². The number of ether oxygens (including phenoxy) is 1. The topological polar surface area (TPSA) is 26.3 Å². The van der Waals surface area contributed by atoms with Crippen molar-refractivity contribution in [3.63, 3.8) is 0 Å². The van der Waals surface area contributed by atoms with Gasteiger partial charge in [0.1, 0.15) is 5.75 Å². The van der Waals surface area contributed by atoms with E-state index in [1.54, 1.807) is 12.1 Å². The second kappa shape index (κ2) is 4.42. The maximum atomic E-state index is 10.6. The zero-order valence-electron chi connectivity index (χ0n) is 7.58. The molecule has 0 spiro atoms. The molecule has 0 aliphatic heterocycles. The number of hydrogen-bond acceptors (Lipinski definition) is 2. The Bertz CT molecular complexity index is 308. The summed E-state index contributed by atoms with van der Waals surface area (Å²) >= 11 is 3.32. The van der Waals surface area contributed by atoms with Gasteiger partial charge in [-0.05, 0) is 32.0 Å². The largest absolute Gasteiger partial charge is 0.490 e. The minimum absolute atomic E-state index is 0.0769. The van der Waals surface area contributed by atoms with E-state index in [1.165, 1.54) is 0 Å². The van der Waals surface area contributed by atoms with Crippen LogP contribution in [0.1, 0.15) is 24.2 Å². The number of halogens is 1. The number of hydrogen-bond donors (Lipinski definition) is 0. The molecule has 1 aromatic rings. The normalized spacial score (nSPS) is 10.2. The number of rotatable bonds is 3. The third-order valence-corrected chi connectivity index (χ3v) is 1.96. The quantitative estimate of drug-likeness (QED) is 0.762. The van der Waals surface area contributed by atoms with Gasteiger partial charge in [0.25, 0.3) is 0 Å². The molecule has 0 aliphatic rings. The zero-order chi connectivity index (χ0) is 9.84. The van der Waals surface area contributed by atoms with Crippen molar-refractivity contribution < 1.29 is 9.53 Å². The predicted molar refractivity (Wildman–Crippen MR) is 55.3 cm³/mol. The Labute approximate surface area is 86.0 Å². The summed E-state index contributed by atoms with van der Waals surface area (Å²) in [5.74, 6) is 0.624. The monoisotopic (exact) mass is 242 g/mol. The fourth-order valence-electron chi connectivity index (χ4n) is 0.962. The van der Waals surface area contributed by atoms with E-state index < -0.39 is 0 Å². The second-order valence-electron chi connectivity index (χ2n) is 2.97. The summed E-state index contributed by atoms with van der Waals surface area (Å²) in [5.41, 5.74) is 0.580. The Morgan fingerprint density at radius 3 is 2.69 bits per heavy atom. The molecule has 0 saturated heterocycles. The smallest absolute Gasteiger partial charge is 0.153 e. The van der Waals surface area contributed by atoms with E-state index in [1.807, 2.05) is 19.9 Å². The summed E-state index contributed by atoms with van der Waals surface area (Å²) in [5, 5.41) is 0. The Morgan fingerprint density at radius 1 is 1.46 bits per heavy atom. The third-order valence-electron chi connectivity index (χ3n) is 1.47. The summed E-state index contributed by atoms with van der Waals surface area (Å²) in [6.07, 6.45) is 0.873. The first-order valence-electron chi connectivity index (χ1n) is 4.05. The SMILES string of the molecule is CC(C)Oc1cc(Br)ccc1C=O. The lowest BCUT2D eigenvalue weighted by molar-refractivity contribution is 0.111. The predicted octanol–water partition coefficient (Wildman–Crippen LogP) is 3.05. The fraction of sp³-hybridized carbons (Fsp3) is 0.300.